The zero-order valence-corrected chi connectivity index (χ0v) is 11.6. The summed E-state index contributed by atoms with van der Waals surface area (Å²) in [5.41, 5.74) is 4.75. The van der Waals surface area contributed by atoms with Gasteiger partial charge in [-0.1, -0.05) is 30.3 Å². The molecule has 0 saturated heterocycles. The number of carbonyl (C=O) groups is 1. The number of para-hydroxylation sites is 1. The predicted octanol–water partition coefficient (Wildman–Crippen LogP) is 3.04. The molecule has 1 aliphatic rings. The summed E-state index contributed by atoms with van der Waals surface area (Å²) in [5.74, 6) is 0.854. The Morgan fingerprint density at radius 2 is 2.10 bits per heavy atom. The summed E-state index contributed by atoms with van der Waals surface area (Å²) in [6.07, 6.45) is 0.990. The summed E-state index contributed by atoms with van der Waals surface area (Å²) >= 11 is 0. The standard InChI is InChI=1S/C17H14N2O2/c1-21-17(20)12-7-4-8-14-15(12)19-16(18-14)13-9-10-5-2-3-6-11(10)13/h2-8,13H,9H2,1H3,(H,18,19). The van der Waals surface area contributed by atoms with Crippen LogP contribution in [0, 0.1) is 0 Å². The van der Waals surface area contributed by atoms with E-state index in [0.717, 1.165) is 17.8 Å². The number of H-pyrrole nitrogens is 1. The van der Waals surface area contributed by atoms with Crippen LogP contribution in [0.1, 0.15) is 33.2 Å². The number of aromatic amines is 1. The molecule has 3 aromatic rings. The summed E-state index contributed by atoms with van der Waals surface area (Å²) in [4.78, 5) is 19.8. The molecule has 1 N–H and O–H groups in total. The average Bonchev–Trinajstić information content (AvgIpc) is 2.90. The van der Waals surface area contributed by atoms with Gasteiger partial charge < -0.3 is 9.72 Å². The van der Waals surface area contributed by atoms with E-state index in [4.69, 9.17) is 4.74 Å². The van der Waals surface area contributed by atoms with Gasteiger partial charge in [-0.25, -0.2) is 9.78 Å². The number of hydrogen-bond donors (Lipinski definition) is 1. The summed E-state index contributed by atoms with van der Waals surface area (Å²) in [7, 11) is 1.39. The lowest BCUT2D eigenvalue weighted by atomic mass is 9.77. The first-order chi connectivity index (χ1) is 10.3. The molecule has 2 aromatic carbocycles. The molecule has 104 valence electrons. The van der Waals surface area contributed by atoms with Crippen LogP contribution in [0.2, 0.25) is 0 Å². The van der Waals surface area contributed by atoms with Crippen LogP contribution in [0.25, 0.3) is 11.0 Å². The fourth-order valence-corrected chi connectivity index (χ4v) is 2.99. The Balaban J connectivity index is 1.81. The van der Waals surface area contributed by atoms with Crippen molar-refractivity contribution in [1.29, 1.82) is 0 Å². The average molecular weight is 278 g/mol. The van der Waals surface area contributed by atoms with Gasteiger partial charge in [0.25, 0.3) is 0 Å². The zero-order chi connectivity index (χ0) is 14.4. The van der Waals surface area contributed by atoms with Gasteiger partial charge in [0, 0.05) is 5.92 Å². The van der Waals surface area contributed by atoms with Crippen molar-refractivity contribution < 1.29 is 9.53 Å². The summed E-state index contributed by atoms with van der Waals surface area (Å²) in [6.45, 7) is 0. The molecule has 4 nitrogen and oxygen atoms in total. The Bertz CT molecular complexity index is 851. The van der Waals surface area contributed by atoms with E-state index in [2.05, 4.69) is 28.2 Å². The van der Waals surface area contributed by atoms with Gasteiger partial charge in [0.15, 0.2) is 0 Å². The Morgan fingerprint density at radius 3 is 2.90 bits per heavy atom. The number of imidazole rings is 1. The second-order valence-electron chi connectivity index (χ2n) is 5.27. The van der Waals surface area contributed by atoms with Gasteiger partial charge in [-0.2, -0.15) is 0 Å². The van der Waals surface area contributed by atoms with Crippen molar-refractivity contribution in [3.8, 4) is 0 Å². The minimum Gasteiger partial charge on any atom is -0.465 e. The van der Waals surface area contributed by atoms with Crippen LogP contribution < -0.4 is 0 Å². The topological polar surface area (TPSA) is 55.0 Å². The second-order valence-corrected chi connectivity index (χ2v) is 5.27. The molecule has 21 heavy (non-hydrogen) atoms. The maximum Gasteiger partial charge on any atom is 0.340 e. The number of benzene rings is 2. The quantitative estimate of drug-likeness (QED) is 0.733. The van der Waals surface area contributed by atoms with Gasteiger partial charge >= 0.3 is 5.97 Å². The molecule has 1 aromatic heterocycles. The molecule has 1 aliphatic carbocycles. The van der Waals surface area contributed by atoms with Crippen LogP contribution in [0.5, 0.6) is 0 Å². The lowest BCUT2D eigenvalue weighted by molar-refractivity contribution is 0.0603. The zero-order valence-electron chi connectivity index (χ0n) is 11.6. The number of methoxy groups -OCH3 is 1. The van der Waals surface area contributed by atoms with E-state index < -0.39 is 0 Å². The molecule has 1 heterocycles. The van der Waals surface area contributed by atoms with E-state index in [9.17, 15) is 4.79 Å². The third-order valence-corrected chi connectivity index (χ3v) is 4.12. The maximum absolute atomic E-state index is 11.8. The van der Waals surface area contributed by atoms with Gasteiger partial charge in [0.1, 0.15) is 11.3 Å². The molecule has 4 heteroatoms. The van der Waals surface area contributed by atoms with Gasteiger partial charge in [-0.3, -0.25) is 0 Å². The monoisotopic (exact) mass is 278 g/mol. The Hall–Kier alpha value is -2.62. The molecule has 0 aliphatic heterocycles. The molecule has 4 rings (SSSR count). The minimum atomic E-state index is -0.354. The van der Waals surface area contributed by atoms with E-state index in [0.29, 0.717) is 17.0 Å². The van der Waals surface area contributed by atoms with E-state index in [1.807, 2.05) is 18.2 Å². The summed E-state index contributed by atoms with van der Waals surface area (Å²) in [6, 6.07) is 13.9. The first-order valence-corrected chi connectivity index (χ1v) is 6.92. The highest BCUT2D eigenvalue weighted by molar-refractivity contribution is 6.01. The number of ether oxygens (including phenoxy) is 1. The minimum absolute atomic E-state index is 0.291. The lowest BCUT2D eigenvalue weighted by Crippen LogP contribution is -2.19. The Morgan fingerprint density at radius 1 is 1.24 bits per heavy atom. The first kappa shape index (κ1) is 12.1. The van der Waals surface area contributed by atoms with E-state index in [1.165, 1.54) is 18.2 Å². The normalized spacial score (nSPS) is 16.3. The molecule has 1 unspecified atom stereocenters. The highest BCUT2D eigenvalue weighted by atomic mass is 16.5. The third-order valence-electron chi connectivity index (χ3n) is 4.12. The molecule has 0 spiro atoms. The summed E-state index contributed by atoms with van der Waals surface area (Å²) in [5, 5.41) is 0. The molecule has 0 saturated carbocycles. The molecule has 0 fully saturated rings. The van der Waals surface area contributed by atoms with Crippen LogP contribution in [-0.4, -0.2) is 23.0 Å². The first-order valence-electron chi connectivity index (χ1n) is 6.92. The van der Waals surface area contributed by atoms with Crippen molar-refractivity contribution in [2.24, 2.45) is 0 Å². The number of rotatable bonds is 2. The smallest absolute Gasteiger partial charge is 0.340 e. The molecule has 1 atom stereocenters. The van der Waals surface area contributed by atoms with Crippen molar-refractivity contribution in [3.05, 3.63) is 65.0 Å². The van der Waals surface area contributed by atoms with Crippen LogP contribution >= 0.6 is 0 Å². The van der Waals surface area contributed by atoms with Gasteiger partial charge in [0.2, 0.25) is 0 Å². The number of hydrogen-bond acceptors (Lipinski definition) is 3. The molecule has 0 bridgehead atoms. The van der Waals surface area contributed by atoms with Crippen molar-refractivity contribution in [3.63, 3.8) is 0 Å². The Labute approximate surface area is 121 Å². The SMILES string of the molecule is COC(=O)c1cccc2[nH]c(C3Cc4ccccc43)nc12. The van der Waals surface area contributed by atoms with Crippen LogP contribution in [0.15, 0.2) is 42.5 Å². The lowest BCUT2D eigenvalue weighted by Gasteiger charge is -2.28. The number of nitrogens with one attached hydrogen (secondary N) is 1. The number of esters is 1. The van der Waals surface area contributed by atoms with Crippen LogP contribution in [0.4, 0.5) is 0 Å². The van der Waals surface area contributed by atoms with E-state index in [1.54, 1.807) is 6.07 Å². The number of fused-ring (bicyclic) bond motifs is 2. The largest absolute Gasteiger partial charge is 0.465 e. The number of carbonyl (C=O) groups excluding carboxylic acids is 1. The second kappa shape index (κ2) is 4.45. The van der Waals surface area contributed by atoms with Gasteiger partial charge in [-0.05, 0) is 29.7 Å². The third kappa shape index (κ3) is 1.76. The Kier molecular flexibility index (Phi) is 2.57. The molecule has 0 radical (unpaired) electrons. The number of aromatic nitrogens is 2. The van der Waals surface area contributed by atoms with Crippen molar-refractivity contribution in [2.75, 3.05) is 7.11 Å². The fraction of sp³-hybridized carbons (Fsp3) is 0.176. The van der Waals surface area contributed by atoms with Crippen LogP contribution in [0.3, 0.4) is 0 Å². The summed E-state index contributed by atoms with van der Waals surface area (Å²) < 4.78 is 4.82. The van der Waals surface area contributed by atoms with Crippen molar-refractivity contribution >= 4 is 17.0 Å². The highest BCUT2D eigenvalue weighted by Gasteiger charge is 2.30. The van der Waals surface area contributed by atoms with E-state index in [-0.39, 0.29) is 5.97 Å². The predicted molar refractivity (Wildman–Crippen MR) is 79.4 cm³/mol. The maximum atomic E-state index is 11.8. The highest BCUT2D eigenvalue weighted by Crippen LogP contribution is 2.39. The number of nitrogens with zero attached hydrogens (tertiary/aromatic N) is 1. The van der Waals surface area contributed by atoms with E-state index >= 15 is 0 Å². The molecule has 0 amide bonds. The van der Waals surface area contributed by atoms with Gasteiger partial charge in [-0.15, -0.1) is 0 Å². The van der Waals surface area contributed by atoms with Gasteiger partial charge in [0.05, 0.1) is 18.2 Å². The fourth-order valence-electron chi connectivity index (χ4n) is 2.99. The molecular weight excluding hydrogens is 264 g/mol. The van der Waals surface area contributed by atoms with Crippen LogP contribution in [-0.2, 0) is 11.2 Å². The van der Waals surface area contributed by atoms with Crippen molar-refractivity contribution in [2.45, 2.75) is 12.3 Å². The molecular formula is C17H14N2O2. The van der Waals surface area contributed by atoms with Crippen molar-refractivity contribution in [1.82, 2.24) is 9.97 Å².